The van der Waals surface area contributed by atoms with Crippen LogP contribution in [0.1, 0.15) is 63.5 Å². The Hall–Kier alpha value is -1.79. The van der Waals surface area contributed by atoms with Gasteiger partial charge in [-0.15, -0.1) is 0 Å². The number of nitrogens with zero attached hydrogens (tertiary/aromatic N) is 1. The average Bonchev–Trinajstić information content (AvgIpc) is 2.82. The normalized spacial score (nSPS) is 18.3. The van der Waals surface area contributed by atoms with Crippen LogP contribution < -0.4 is 5.32 Å². The van der Waals surface area contributed by atoms with Crippen molar-refractivity contribution in [2.24, 2.45) is 0 Å². The molecule has 1 aromatic carbocycles. The zero-order chi connectivity index (χ0) is 20.6. The zero-order valence-electron chi connectivity index (χ0n) is 17.4. The molecule has 0 aromatic heterocycles. The minimum Gasteiger partial charge on any atom is -0.466 e. The molecule has 0 spiro atoms. The van der Waals surface area contributed by atoms with Crippen molar-refractivity contribution in [1.82, 2.24) is 9.62 Å². The Morgan fingerprint density at radius 3 is 2.97 bits per heavy atom. The van der Waals surface area contributed by atoms with Crippen molar-refractivity contribution in [2.45, 2.75) is 62.8 Å². The molecule has 0 fully saturated rings. The highest BCUT2D eigenvalue weighted by Crippen LogP contribution is 2.43. The van der Waals surface area contributed by atoms with E-state index in [0.29, 0.717) is 13.0 Å². The van der Waals surface area contributed by atoms with Crippen molar-refractivity contribution in [3.05, 3.63) is 53.0 Å². The van der Waals surface area contributed by atoms with E-state index in [9.17, 15) is 9.18 Å². The maximum Gasteiger partial charge on any atom is 0.305 e. The number of unbranched alkanes of at least 4 members (excludes halogenated alkanes) is 3. The first-order valence-corrected chi connectivity index (χ1v) is 11.4. The van der Waals surface area contributed by atoms with Gasteiger partial charge >= 0.3 is 5.97 Å². The van der Waals surface area contributed by atoms with E-state index >= 15 is 0 Å². The van der Waals surface area contributed by atoms with E-state index in [2.05, 4.69) is 28.8 Å². The second-order valence-electron chi connectivity index (χ2n) is 7.47. The highest BCUT2D eigenvalue weighted by Gasteiger charge is 2.28. The summed E-state index contributed by atoms with van der Waals surface area (Å²) in [5, 5.41) is 3.71. The molecule has 0 amide bonds. The van der Waals surface area contributed by atoms with Crippen LogP contribution in [0.2, 0.25) is 0 Å². The van der Waals surface area contributed by atoms with Crippen LogP contribution in [0.4, 0.5) is 4.39 Å². The maximum atomic E-state index is 13.9. The Morgan fingerprint density at radius 2 is 2.14 bits per heavy atom. The number of halogens is 1. The summed E-state index contributed by atoms with van der Waals surface area (Å²) in [5.74, 6) is -0.293. The van der Waals surface area contributed by atoms with Gasteiger partial charge in [-0.05, 0) is 74.4 Å². The van der Waals surface area contributed by atoms with Crippen LogP contribution in [0.15, 0.2) is 46.5 Å². The molecular formula is C23H31FN2O2S. The Bertz CT molecular complexity index is 778. The van der Waals surface area contributed by atoms with Crippen molar-refractivity contribution >= 4 is 17.9 Å². The number of fused-ring (bicyclic) bond motifs is 1. The molecule has 1 aromatic rings. The fourth-order valence-electron chi connectivity index (χ4n) is 3.92. The van der Waals surface area contributed by atoms with Crippen LogP contribution >= 0.6 is 11.9 Å². The number of rotatable bonds is 9. The van der Waals surface area contributed by atoms with E-state index in [0.717, 1.165) is 55.5 Å². The van der Waals surface area contributed by atoms with E-state index in [1.54, 1.807) is 24.1 Å². The van der Waals surface area contributed by atoms with E-state index in [4.69, 9.17) is 4.74 Å². The highest BCUT2D eigenvalue weighted by molar-refractivity contribution is 7.97. The Morgan fingerprint density at radius 1 is 1.31 bits per heavy atom. The minimum absolute atomic E-state index is 0.0779. The lowest BCUT2D eigenvalue weighted by Gasteiger charge is -2.26. The first-order valence-electron chi connectivity index (χ1n) is 10.6. The smallest absolute Gasteiger partial charge is 0.305 e. The van der Waals surface area contributed by atoms with Gasteiger partial charge in [0.1, 0.15) is 5.82 Å². The molecule has 158 valence electrons. The van der Waals surface area contributed by atoms with E-state index in [1.807, 2.05) is 13.0 Å². The summed E-state index contributed by atoms with van der Waals surface area (Å²) in [6, 6.07) is 5.19. The van der Waals surface area contributed by atoms with Crippen LogP contribution in [0.3, 0.4) is 0 Å². The Labute approximate surface area is 177 Å². The summed E-state index contributed by atoms with van der Waals surface area (Å²) in [6.07, 6.45) is 11.0. The molecule has 4 nitrogen and oxygen atoms in total. The second-order valence-corrected chi connectivity index (χ2v) is 8.64. The highest BCUT2D eigenvalue weighted by atomic mass is 32.2. The van der Waals surface area contributed by atoms with Crippen LogP contribution in [-0.2, 0) is 9.53 Å². The molecule has 1 atom stereocenters. The number of carbonyl (C=O) groups excluding carboxylic acids is 1. The van der Waals surface area contributed by atoms with Gasteiger partial charge < -0.3 is 14.4 Å². The van der Waals surface area contributed by atoms with Gasteiger partial charge in [0, 0.05) is 24.1 Å². The SMILES string of the molecule is CCOC(=O)CCCCCCNC1C2=C(CCC=C2)N(C)Sc2cc(F)ccc21. The molecule has 3 rings (SSSR count). The molecule has 2 aliphatic rings. The van der Waals surface area contributed by atoms with Crippen molar-refractivity contribution in [3.8, 4) is 0 Å². The number of hydrogen-bond acceptors (Lipinski definition) is 5. The van der Waals surface area contributed by atoms with Gasteiger partial charge in [-0.3, -0.25) is 4.79 Å². The van der Waals surface area contributed by atoms with Gasteiger partial charge in [0.25, 0.3) is 0 Å². The van der Waals surface area contributed by atoms with Crippen LogP contribution in [-0.4, -0.2) is 30.5 Å². The van der Waals surface area contributed by atoms with Crippen LogP contribution in [0.25, 0.3) is 0 Å². The molecule has 1 heterocycles. The molecule has 0 saturated carbocycles. The quantitative estimate of drug-likeness (QED) is 0.325. The lowest BCUT2D eigenvalue weighted by atomic mass is 9.91. The Balaban J connectivity index is 1.60. The molecule has 29 heavy (non-hydrogen) atoms. The predicted octanol–water partition coefficient (Wildman–Crippen LogP) is 5.53. The van der Waals surface area contributed by atoms with Gasteiger partial charge in [-0.25, -0.2) is 4.39 Å². The first-order chi connectivity index (χ1) is 14.1. The number of esters is 1. The third-order valence-corrected chi connectivity index (χ3v) is 6.40. The van der Waals surface area contributed by atoms with E-state index < -0.39 is 0 Å². The number of hydrogen-bond donors (Lipinski definition) is 1. The molecule has 0 saturated heterocycles. The maximum absolute atomic E-state index is 13.9. The standard InChI is InChI=1S/C23H31FN2O2S/c1-3-28-22(27)12-6-4-5-9-15-25-23-18-10-7-8-11-20(18)26(2)29-21-16-17(24)13-14-19(21)23/h7,10,13-14,16,23,25H,3-6,8-9,11-12,15H2,1-2H3. The van der Waals surface area contributed by atoms with Gasteiger partial charge in [0.2, 0.25) is 0 Å². The minimum atomic E-state index is -0.194. The van der Waals surface area contributed by atoms with Crippen molar-refractivity contribution in [3.63, 3.8) is 0 Å². The van der Waals surface area contributed by atoms with Crippen molar-refractivity contribution < 1.29 is 13.9 Å². The lowest BCUT2D eigenvalue weighted by molar-refractivity contribution is -0.143. The summed E-state index contributed by atoms with van der Waals surface area (Å²) in [5.41, 5.74) is 3.75. The molecular weight excluding hydrogens is 387 g/mol. The number of ether oxygens (including phenoxy) is 1. The van der Waals surface area contributed by atoms with Crippen molar-refractivity contribution in [2.75, 3.05) is 20.2 Å². The third-order valence-electron chi connectivity index (χ3n) is 5.35. The molecule has 0 bridgehead atoms. The number of nitrogens with one attached hydrogen (secondary N) is 1. The summed E-state index contributed by atoms with van der Waals surface area (Å²) in [6.45, 7) is 3.18. The van der Waals surface area contributed by atoms with Gasteiger partial charge in [0.15, 0.2) is 0 Å². The topological polar surface area (TPSA) is 41.6 Å². The summed E-state index contributed by atoms with van der Waals surface area (Å²) < 4.78 is 21.0. The second kappa shape index (κ2) is 10.8. The molecule has 1 unspecified atom stereocenters. The van der Waals surface area contributed by atoms with E-state index in [1.165, 1.54) is 11.3 Å². The summed E-state index contributed by atoms with van der Waals surface area (Å²) >= 11 is 1.61. The molecule has 1 N–H and O–H groups in total. The fourth-order valence-corrected chi connectivity index (χ4v) is 4.97. The van der Waals surface area contributed by atoms with Gasteiger partial charge in [-0.1, -0.05) is 31.1 Å². The molecule has 1 aliphatic heterocycles. The predicted molar refractivity (Wildman–Crippen MR) is 116 cm³/mol. The van der Waals surface area contributed by atoms with Crippen LogP contribution in [0.5, 0.6) is 0 Å². The van der Waals surface area contributed by atoms with Gasteiger partial charge in [0.05, 0.1) is 12.6 Å². The Kier molecular flexibility index (Phi) is 8.19. The van der Waals surface area contributed by atoms with Crippen molar-refractivity contribution in [1.29, 1.82) is 0 Å². The fraction of sp³-hybridized carbons (Fsp3) is 0.522. The average molecular weight is 419 g/mol. The molecule has 0 radical (unpaired) electrons. The van der Waals surface area contributed by atoms with Gasteiger partial charge in [-0.2, -0.15) is 0 Å². The third kappa shape index (κ3) is 5.86. The summed E-state index contributed by atoms with van der Waals surface area (Å²) in [4.78, 5) is 12.4. The monoisotopic (exact) mass is 418 g/mol. The molecule has 1 aliphatic carbocycles. The van der Waals surface area contributed by atoms with E-state index in [-0.39, 0.29) is 17.8 Å². The zero-order valence-corrected chi connectivity index (χ0v) is 18.2. The van der Waals surface area contributed by atoms with Crippen LogP contribution in [0, 0.1) is 5.82 Å². The first kappa shape index (κ1) is 21.9. The number of allylic oxidation sites excluding steroid dienone is 2. The summed E-state index contributed by atoms with van der Waals surface area (Å²) in [7, 11) is 2.07. The number of carbonyl (C=O) groups is 1. The largest absolute Gasteiger partial charge is 0.466 e. The number of benzene rings is 1. The lowest BCUT2D eigenvalue weighted by Crippen LogP contribution is -2.26. The molecule has 6 heteroatoms.